The van der Waals surface area contributed by atoms with Gasteiger partial charge < -0.3 is 10.0 Å². The van der Waals surface area contributed by atoms with Crippen LogP contribution in [-0.2, 0) is 0 Å². The molecule has 3 nitrogen and oxygen atoms in total. The average Bonchev–Trinajstić information content (AvgIpc) is 2.29. The fourth-order valence-electron chi connectivity index (χ4n) is 1.41. The number of amides is 1. The minimum Gasteiger partial charge on any atom is -0.503 e. The molecular formula is C11H11ClF3NO2. The first-order valence-corrected chi connectivity index (χ1v) is 5.45. The quantitative estimate of drug-likeness (QED) is 0.683. The molecule has 0 spiro atoms. The Balaban J connectivity index is 3.14. The lowest BCUT2D eigenvalue weighted by molar-refractivity contribution is 0.0789. The van der Waals surface area contributed by atoms with E-state index in [-0.39, 0.29) is 11.9 Å². The van der Waals surface area contributed by atoms with Gasteiger partial charge in [-0.05, 0) is 13.0 Å². The van der Waals surface area contributed by atoms with Crippen LogP contribution in [0.4, 0.5) is 13.2 Å². The molecule has 1 rings (SSSR count). The van der Waals surface area contributed by atoms with Crippen LogP contribution in [0, 0.1) is 17.5 Å². The molecule has 1 N–H and O–H groups in total. The SMILES string of the molecule is CC(Cl)CN(C)C(=O)c1cc(F)c(F)c(O)c1F. The summed E-state index contributed by atoms with van der Waals surface area (Å²) < 4.78 is 39.3. The Morgan fingerprint density at radius 2 is 2.00 bits per heavy atom. The van der Waals surface area contributed by atoms with Gasteiger partial charge in [0.1, 0.15) is 0 Å². The Kier molecular flexibility index (Phi) is 4.45. The van der Waals surface area contributed by atoms with Crippen molar-refractivity contribution in [2.24, 2.45) is 0 Å². The van der Waals surface area contributed by atoms with Gasteiger partial charge in [0.05, 0.1) is 5.56 Å². The van der Waals surface area contributed by atoms with Crippen molar-refractivity contribution in [3.8, 4) is 5.75 Å². The van der Waals surface area contributed by atoms with E-state index >= 15 is 0 Å². The molecule has 0 saturated heterocycles. The highest BCUT2D eigenvalue weighted by Crippen LogP contribution is 2.26. The maximum absolute atomic E-state index is 13.5. The molecule has 18 heavy (non-hydrogen) atoms. The molecule has 0 aliphatic heterocycles. The third-order valence-corrected chi connectivity index (χ3v) is 2.37. The average molecular weight is 282 g/mol. The molecule has 0 radical (unpaired) electrons. The summed E-state index contributed by atoms with van der Waals surface area (Å²) in [6.45, 7) is 1.71. The Morgan fingerprint density at radius 3 is 2.50 bits per heavy atom. The molecule has 1 unspecified atom stereocenters. The Labute approximate surface area is 107 Å². The maximum Gasteiger partial charge on any atom is 0.256 e. The van der Waals surface area contributed by atoms with Crippen LogP contribution in [-0.4, -0.2) is 34.9 Å². The number of hydrogen-bond acceptors (Lipinski definition) is 2. The van der Waals surface area contributed by atoms with Crippen LogP contribution < -0.4 is 0 Å². The van der Waals surface area contributed by atoms with Gasteiger partial charge in [-0.2, -0.15) is 4.39 Å². The van der Waals surface area contributed by atoms with Crippen molar-refractivity contribution in [1.82, 2.24) is 4.90 Å². The van der Waals surface area contributed by atoms with E-state index in [2.05, 4.69) is 0 Å². The van der Waals surface area contributed by atoms with Gasteiger partial charge in [-0.25, -0.2) is 8.78 Å². The third kappa shape index (κ3) is 2.87. The van der Waals surface area contributed by atoms with Crippen molar-refractivity contribution in [3.63, 3.8) is 0 Å². The second-order valence-corrected chi connectivity index (χ2v) is 4.59. The van der Waals surface area contributed by atoms with Crippen molar-refractivity contribution in [2.75, 3.05) is 13.6 Å². The Morgan fingerprint density at radius 1 is 1.44 bits per heavy atom. The molecule has 0 aliphatic carbocycles. The van der Waals surface area contributed by atoms with Gasteiger partial charge in [0.25, 0.3) is 5.91 Å². The van der Waals surface area contributed by atoms with Crippen LogP contribution >= 0.6 is 11.6 Å². The van der Waals surface area contributed by atoms with Crippen LogP contribution in [0.1, 0.15) is 17.3 Å². The van der Waals surface area contributed by atoms with Gasteiger partial charge in [0.2, 0.25) is 5.82 Å². The Bertz CT molecular complexity index is 480. The van der Waals surface area contributed by atoms with Crippen molar-refractivity contribution >= 4 is 17.5 Å². The largest absolute Gasteiger partial charge is 0.503 e. The Hall–Kier alpha value is -1.43. The molecule has 0 aliphatic rings. The topological polar surface area (TPSA) is 40.5 Å². The molecule has 1 aromatic carbocycles. The van der Waals surface area contributed by atoms with E-state index in [0.717, 1.165) is 4.90 Å². The van der Waals surface area contributed by atoms with E-state index in [1.54, 1.807) is 6.92 Å². The number of benzene rings is 1. The van der Waals surface area contributed by atoms with Crippen LogP contribution in [0.3, 0.4) is 0 Å². The highest BCUT2D eigenvalue weighted by Gasteiger charge is 2.24. The van der Waals surface area contributed by atoms with E-state index < -0.39 is 34.7 Å². The molecule has 1 atom stereocenters. The van der Waals surface area contributed by atoms with Crippen molar-refractivity contribution in [2.45, 2.75) is 12.3 Å². The number of alkyl halides is 1. The number of hydrogen-bond donors (Lipinski definition) is 1. The first-order chi connectivity index (χ1) is 8.25. The van der Waals surface area contributed by atoms with E-state index in [4.69, 9.17) is 16.7 Å². The van der Waals surface area contributed by atoms with Crippen molar-refractivity contribution in [3.05, 3.63) is 29.1 Å². The fraction of sp³-hybridized carbons (Fsp3) is 0.364. The fourth-order valence-corrected chi connectivity index (χ4v) is 1.62. The minimum absolute atomic E-state index is 0.0968. The predicted octanol–water partition coefficient (Wildman–Crippen LogP) is 2.51. The molecule has 1 aromatic rings. The zero-order valence-electron chi connectivity index (χ0n) is 9.68. The summed E-state index contributed by atoms with van der Waals surface area (Å²) in [5.74, 6) is -7.12. The lowest BCUT2D eigenvalue weighted by Gasteiger charge is -2.19. The lowest BCUT2D eigenvalue weighted by atomic mass is 10.1. The summed E-state index contributed by atoms with van der Waals surface area (Å²) in [6.07, 6.45) is 0. The van der Waals surface area contributed by atoms with Gasteiger partial charge in [-0.15, -0.1) is 11.6 Å². The summed E-state index contributed by atoms with van der Waals surface area (Å²) in [6, 6.07) is 0.405. The van der Waals surface area contributed by atoms with Crippen molar-refractivity contribution in [1.29, 1.82) is 0 Å². The summed E-state index contributed by atoms with van der Waals surface area (Å²) >= 11 is 5.66. The van der Waals surface area contributed by atoms with Crippen LogP contribution in [0.15, 0.2) is 6.07 Å². The first-order valence-electron chi connectivity index (χ1n) is 5.01. The number of aromatic hydroxyl groups is 1. The predicted molar refractivity (Wildman–Crippen MR) is 60.3 cm³/mol. The number of nitrogens with zero attached hydrogens (tertiary/aromatic N) is 1. The number of halogens is 4. The van der Waals surface area contributed by atoms with Gasteiger partial charge in [-0.1, -0.05) is 0 Å². The standard InChI is InChI=1S/C11H11ClF3NO2/c1-5(12)4-16(2)11(18)6-3-7(13)9(15)10(17)8(6)14/h3,5,17H,4H2,1-2H3. The third-order valence-electron chi connectivity index (χ3n) is 2.24. The summed E-state index contributed by atoms with van der Waals surface area (Å²) in [7, 11) is 1.33. The number of rotatable bonds is 3. The summed E-state index contributed by atoms with van der Waals surface area (Å²) in [5.41, 5.74) is -0.744. The zero-order valence-corrected chi connectivity index (χ0v) is 10.4. The molecule has 0 saturated carbocycles. The first kappa shape index (κ1) is 14.6. The minimum atomic E-state index is -1.72. The lowest BCUT2D eigenvalue weighted by Crippen LogP contribution is -2.32. The van der Waals surface area contributed by atoms with Crippen molar-refractivity contribution < 1.29 is 23.1 Å². The van der Waals surface area contributed by atoms with Crippen LogP contribution in [0.2, 0.25) is 0 Å². The highest BCUT2D eigenvalue weighted by molar-refractivity contribution is 6.20. The van der Waals surface area contributed by atoms with E-state index in [1.807, 2.05) is 0 Å². The molecule has 0 heterocycles. The molecule has 0 bridgehead atoms. The second kappa shape index (κ2) is 5.48. The summed E-state index contributed by atoms with van der Waals surface area (Å²) in [4.78, 5) is 12.8. The number of carbonyl (C=O) groups is 1. The van der Waals surface area contributed by atoms with Crippen LogP contribution in [0.5, 0.6) is 5.75 Å². The summed E-state index contributed by atoms with van der Waals surface area (Å²) in [5, 5.41) is 8.61. The number of carbonyl (C=O) groups excluding carboxylic acids is 1. The number of phenolic OH excluding ortho intramolecular Hbond substituents is 1. The monoisotopic (exact) mass is 281 g/mol. The zero-order chi connectivity index (χ0) is 14.0. The number of phenols is 1. The second-order valence-electron chi connectivity index (χ2n) is 3.85. The maximum atomic E-state index is 13.5. The molecule has 1 amide bonds. The van der Waals surface area contributed by atoms with E-state index in [0.29, 0.717) is 6.07 Å². The highest BCUT2D eigenvalue weighted by atomic mass is 35.5. The molecule has 7 heteroatoms. The van der Waals surface area contributed by atoms with Gasteiger partial charge in [0, 0.05) is 19.0 Å². The van der Waals surface area contributed by atoms with E-state index in [9.17, 15) is 18.0 Å². The van der Waals surface area contributed by atoms with Gasteiger partial charge >= 0.3 is 0 Å². The van der Waals surface area contributed by atoms with Gasteiger partial charge in [0.15, 0.2) is 17.4 Å². The van der Waals surface area contributed by atoms with Gasteiger partial charge in [-0.3, -0.25) is 4.79 Å². The normalized spacial score (nSPS) is 12.3. The van der Waals surface area contributed by atoms with Crippen LogP contribution in [0.25, 0.3) is 0 Å². The molecular weight excluding hydrogens is 271 g/mol. The van der Waals surface area contributed by atoms with E-state index in [1.165, 1.54) is 7.05 Å². The molecule has 0 aromatic heterocycles. The molecule has 100 valence electrons. The smallest absolute Gasteiger partial charge is 0.256 e. The molecule has 0 fully saturated rings.